The van der Waals surface area contributed by atoms with Crippen molar-refractivity contribution in [1.82, 2.24) is 10.2 Å². The van der Waals surface area contributed by atoms with Crippen LogP contribution in [0.4, 0.5) is 0 Å². The number of benzene rings is 1. The second-order valence-electron chi connectivity index (χ2n) is 5.38. The van der Waals surface area contributed by atoms with E-state index in [1.165, 1.54) is 24.9 Å². The van der Waals surface area contributed by atoms with Crippen molar-refractivity contribution in [3.05, 3.63) is 34.9 Å². The second-order valence-corrected chi connectivity index (χ2v) is 5.82. The normalized spacial score (nSPS) is 20.9. The summed E-state index contributed by atoms with van der Waals surface area (Å²) in [6, 6.07) is 8.65. The lowest BCUT2D eigenvalue weighted by molar-refractivity contribution is 0.199. The predicted molar refractivity (Wildman–Crippen MR) is 85.3 cm³/mol. The maximum atomic E-state index is 5.93. The number of hydrogen-bond acceptors (Lipinski definition) is 2. The van der Waals surface area contributed by atoms with Gasteiger partial charge in [-0.1, -0.05) is 23.7 Å². The van der Waals surface area contributed by atoms with Gasteiger partial charge in [-0.25, -0.2) is 0 Å². The van der Waals surface area contributed by atoms with E-state index in [2.05, 4.69) is 36.3 Å². The van der Waals surface area contributed by atoms with Gasteiger partial charge < -0.3 is 5.32 Å². The fraction of sp³-hybridized carbons (Fsp3) is 0.600. The van der Waals surface area contributed by atoms with E-state index >= 15 is 0 Å². The van der Waals surface area contributed by atoms with Gasteiger partial charge in [-0.05, 0) is 63.5 Å². The van der Waals surface area contributed by atoms with Crippen LogP contribution in [0.2, 0.25) is 5.02 Å². The molecule has 1 aliphatic heterocycles. The number of halogens is 2. The molecule has 2 rings (SSSR count). The van der Waals surface area contributed by atoms with E-state index in [1.807, 2.05) is 12.1 Å². The molecule has 1 heterocycles. The standard InChI is InChI=1S/C15H23ClN2.ClH/c1-12(14-5-7-15(16)8-6-14)18(2)11-13-4-3-9-17-10-13;/h5-8,12-13,17H,3-4,9-11H2,1-2H3;1H. The molecule has 0 bridgehead atoms. The lowest BCUT2D eigenvalue weighted by Gasteiger charge is -2.31. The number of hydrogen-bond donors (Lipinski definition) is 1. The molecule has 2 atom stereocenters. The van der Waals surface area contributed by atoms with Gasteiger partial charge in [-0.2, -0.15) is 0 Å². The predicted octanol–water partition coefficient (Wildman–Crippen LogP) is 3.75. The number of nitrogens with zero attached hydrogens (tertiary/aromatic N) is 1. The highest BCUT2D eigenvalue weighted by molar-refractivity contribution is 6.30. The number of piperidine rings is 1. The molecule has 4 heteroatoms. The molecule has 0 spiro atoms. The maximum absolute atomic E-state index is 5.93. The molecule has 108 valence electrons. The van der Waals surface area contributed by atoms with Gasteiger partial charge in [0.25, 0.3) is 0 Å². The van der Waals surface area contributed by atoms with E-state index in [0.717, 1.165) is 24.0 Å². The van der Waals surface area contributed by atoms with Crippen molar-refractivity contribution in [2.24, 2.45) is 5.92 Å². The van der Waals surface area contributed by atoms with Crippen molar-refractivity contribution in [3.63, 3.8) is 0 Å². The average Bonchev–Trinajstić information content (AvgIpc) is 2.40. The van der Waals surface area contributed by atoms with Crippen LogP contribution in [0.15, 0.2) is 24.3 Å². The van der Waals surface area contributed by atoms with Crippen LogP contribution in [-0.4, -0.2) is 31.6 Å². The largest absolute Gasteiger partial charge is 0.316 e. The van der Waals surface area contributed by atoms with Crippen LogP contribution >= 0.6 is 24.0 Å². The van der Waals surface area contributed by atoms with Gasteiger partial charge in [0.1, 0.15) is 0 Å². The molecule has 1 aliphatic rings. The average molecular weight is 303 g/mol. The molecule has 1 aromatic carbocycles. The van der Waals surface area contributed by atoms with E-state index in [9.17, 15) is 0 Å². The number of rotatable bonds is 4. The third-order valence-corrected chi connectivity index (χ3v) is 4.21. The van der Waals surface area contributed by atoms with Crippen molar-refractivity contribution >= 4 is 24.0 Å². The fourth-order valence-electron chi connectivity index (χ4n) is 2.64. The summed E-state index contributed by atoms with van der Waals surface area (Å²) in [5, 5.41) is 4.29. The Hall–Kier alpha value is -0.280. The summed E-state index contributed by atoms with van der Waals surface area (Å²) in [4.78, 5) is 2.45. The van der Waals surface area contributed by atoms with Crippen LogP contribution < -0.4 is 5.32 Å². The van der Waals surface area contributed by atoms with Crippen molar-refractivity contribution < 1.29 is 0 Å². The van der Waals surface area contributed by atoms with Gasteiger partial charge in [-0.15, -0.1) is 12.4 Å². The lowest BCUT2D eigenvalue weighted by atomic mass is 9.98. The molecule has 1 fully saturated rings. The van der Waals surface area contributed by atoms with E-state index in [0.29, 0.717) is 6.04 Å². The Morgan fingerprint density at radius 3 is 2.63 bits per heavy atom. The van der Waals surface area contributed by atoms with Gasteiger partial charge >= 0.3 is 0 Å². The zero-order valence-electron chi connectivity index (χ0n) is 11.7. The summed E-state index contributed by atoms with van der Waals surface area (Å²) in [7, 11) is 2.22. The van der Waals surface area contributed by atoms with Crippen LogP contribution in [0.1, 0.15) is 31.4 Å². The summed E-state index contributed by atoms with van der Waals surface area (Å²) in [5.41, 5.74) is 1.34. The lowest BCUT2D eigenvalue weighted by Crippen LogP contribution is -2.37. The fourth-order valence-corrected chi connectivity index (χ4v) is 2.77. The molecule has 0 radical (unpaired) electrons. The Labute approximate surface area is 127 Å². The van der Waals surface area contributed by atoms with Crippen molar-refractivity contribution in [3.8, 4) is 0 Å². The highest BCUT2D eigenvalue weighted by Gasteiger charge is 2.18. The van der Waals surface area contributed by atoms with Crippen LogP contribution in [-0.2, 0) is 0 Å². The highest BCUT2D eigenvalue weighted by atomic mass is 35.5. The highest BCUT2D eigenvalue weighted by Crippen LogP contribution is 2.22. The minimum atomic E-state index is 0. The van der Waals surface area contributed by atoms with Crippen LogP contribution in [0.25, 0.3) is 0 Å². The van der Waals surface area contributed by atoms with Crippen molar-refractivity contribution in [2.75, 3.05) is 26.7 Å². The molecule has 1 saturated heterocycles. The summed E-state index contributed by atoms with van der Waals surface area (Å²) in [6.45, 7) is 5.78. The summed E-state index contributed by atoms with van der Waals surface area (Å²) < 4.78 is 0. The SMILES string of the molecule is CC(c1ccc(Cl)cc1)N(C)CC1CCCNC1.Cl. The van der Waals surface area contributed by atoms with Crippen LogP contribution in [0.5, 0.6) is 0 Å². The Kier molecular flexibility index (Phi) is 7.16. The van der Waals surface area contributed by atoms with E-state index in [1.54, 1.807) is 0 Å². The van der Waals surface area contributed by atoms with Crippen molar-refractivity contribution in [2.45, 2.75) is 25.8 Å². The van der Waals surface area contributed by atoms with E-state index in [-0.39, 0.29) is 12.4 Å². The van der Waals surface area contributed by atoms with Gasteiger partial charge in [0, 0.05) is 17.6 Å². The first-order valence-corrected chi connectivity index (χ1v) is 7.21. The Morgan fingerprint density at radius 2 is 2.05 bits per heavy atom. The third kappa shape index (κ3) is 4.96. The van der Waals surface area contributed by atoms with E-state index < -0.39 is 0 Å². The van der Waals surface area contributed by atoms with Crippen LogP contribution in [0, 0.1) is 5.92 Å². The monoisotopic (exact) mass is 302 g/mol. The topological polar surface area (TPSA) is 15.3 Å². The Balaban J connectivity index is 0.00000180. The second kappa shape index (κ2) is 8.11. The molecule has 0 aliphatic carbocycles. The zero-order chi connectivity index (χ0) is 13.0. The van der Waals surface area contributed by atoms with Gasteiger partial charge in [0.15, 0.2) is 0 Å². The smallest absolute Gasteiger partial charge is 0.0406 e. The Bertz CT molecular complexity index is 361. The molecule has 1 aromatic rings. The quantitative estimate of drug-likeness (QED) is 0.911. The Morgan fingerprint density at radius 1 is 1.37 bits per heavy atom. The zero-order valence-corrected chi connectivity index (χ0v) is 13.3. The van der Waals surface area contributed by atoms with Crippen molar-refractivity contribution in [1.29, 1.82) is 0 Å². The minimum Gasteiger partial charge on any atom is -0.316 e. The summed E-state index contributed by atoms with van der Waals surface area (Å²) in [6.07, 6.45) is 2.67. The minimum absolute atomic E-state index is 0. The van der Waals surface area contributed by atoms with Gasteiger partial charge in [0.2, 0.25) is 0 Å². The molecule has 2 nitrogen and oxygen atoms in total. The summed E-state index contributed by atoms with van der Waals surface area (Å²) in [5.74, 6) is 0.790. The molecular weight excluding hydrogens is 279 g/mol. The first-order chi connectivity index (χ1) is 8.66. The molecule has 0 saturated carbocycles. The summed E-state index contributed by atoms with van der Waals surface area (Å²) >= 11 is 5.93. The molecule has 0 amide bonds. The first-order valence-electron chi connectivity index (χ1n) is 6.83. The molecule has 19 heavy (non-hydrogen) atoms. The maximum Gasteiger partial charge on any atom is 0.0406 e. The van der Waals surface area contributed by atoms with Gasteiger partial charge in [0.05, 0.1) is 0 Å². The molecular formula is C15H24Cl2N2. The molecule has 2 unspecified atom stereocenters. The number of nitrogens with one attached hydrogen (secondary N) is 1. The molecule has 1 N–H and O–H groups in total. The first kappa shape index (κ1) is 16.8. The third-order valence-electron chi connectivity index (χ3n) is 3.96. The van der Waals surface area contributed by atoms with Crippen LogP contribution in [0.3, 0.4) is 0 Å². The molecule has 0 aromatic heterocycles. The van der Waals surface area contributed by atoms with E-state index in [4.69, 9.17) is 11.6 Å². The van der Waals surface area contributed by atoms with Gasteiger partial charge in [-0.3, -0.25) is 4.90 Å².